The number of ether oxygens (including phenoxy) is 4. The largest absolute Gasteiger partial charge is 0.494 e. The minimum atomic E-state index is -0.559. The third-order valence-corrected chi connectivity index (χ3v) is 3.07. The van der Waals surface area contributed by atoms with Crippen LogP contribution in [0.1, 0.15) is 13.8 Å². The molecule has 1 heterocycles. The summed E-state index contributed by atoms with van der Waals surface area (Å²) in [6, 6.07) is 3.27. The van der Waals surface area contributed by atoms with Gasteiger partial charge in [-0.25, -0.2) is 0 Å². The van der Waals surface area contributed by atoms with Crippen molar-refractivity contribution in [3.05, 3.63) is 17.2 Å². The molecule has 0 radical (unpaired) electrons. The smallest absolute Gasteiger partial charge is 0.163 e. The molecule has 0 spiro atoms. The van der Waals surface area contributed by atoms with Crippen LogP contribution in [0.3, 0.4) is 0 Å². The Morgan fingerprint density at radius 3 is 2.74 bits per heavy atom. The molecule has 6 heteroatoms. The van der Waals surface area contributed by atoms with Gasteiger partial charge in [0.15, 0.2) is 5.79 Å². The Balaban J connectivity index is 2.00. The molecular weight excluding hydrogens is 270 g/mol. The number of nitrogens with two attached hydrogens (primary N) is 1. The van der Waals surface area contributed by atoms with Crippen LogP contribution in [0, 0.1) is 0 Å². The molecule has 1 atom stereocenters. The Morgan fingerprint density at radius 2 is 2.16 bits per heavy atom. The van der Waals surface area contributed by atoms with Crippen LogP contribution in [0.5, 0.6) is 11.5 Å². The van der Waals surface area contributed by atoms with Crippen molar-refractivity contribution >= 4 is 17.3 Å². The zero-order chi connectivity index (χ0) is 14.0. The van der Waals surface area contributed by atoms with Crippen molar-refractivity contribution in [3.8, 4) is 11.5 Å². The lowest BCUT2D eigenvalue weighted by Crippen LogP contribution is -2.25. The van der Waals surface area contributed by atoms with Crippen LogP contribution in [0.2, 0.25) is 5.02 Å². The van der Waals surface area contributed by atoms with Gasteiger partial charge in [-0.2, -0.15) is 0 Å². The second-order valence-corrected chi connectivity index (χ2v) is 5.19. The number of hydrogen-bond donors (Lipinski definition) is 1. The zero-order valence-electron chi connectivity index (χ0n) is 11.2. The van der Waals surface area contributed by atoms with Crippen LogP contribution in [0.25, 0.3) is 0 Å². The van der Waals surface area contributed by atoms with E-state index in [0.29, 0.717) is 35.4 Å². The van der Waals surface area contributed by atoms with Gasteiger partial charge >= 0.3 is 0 Å². The van der Waals surface area contributed by atoms with Gasteiger partial charge in [-0.15, -0.1) is 0 Å². The lowest BCUT2D eigenvalue weighted by atomic mass is 10.3. The molecule has 1 aromatic carbocycles. The van der Waals surface area contributed by atoms with E-state index in [1.165, 1.54) is 0 Å². The van der Waals surface area contributed by atoms with Crippen molar-refractivity contribution in [1.82, 2.24) is 0 Å². The zero-order valence-corrected chi connectivity index (χ0v) is 12.0. The second kappa shape index (κ2) is 5.45. The van der Waals surface area contributed by atoms with Crippen molar-refractivity contribution in [3.63, 3.8) is 0 Å². The van der Waals surface area contributed by atoms with Crippen LogP contribution < -0.4 is 15.2 Å². The maximum Gasteiger partial charge on any atom is 0.163 e. The van der Waals surface area contributed by atoms with Crippen LogP contribution >= 0.6 is 11.6 Å². The predicted octanol–water partition coefficient (Wildman–Crippen LogP) is 2.46. The molecule has 0 saturated carbocycles. The highest BCUT2D eigenvalue weighted by atomic mass is 35.5. The number of methoxy groups -OCH3 is 1. The molecule has 1 saturated heterocycles. The number of hydrogen-bond acceptors (Lipinski definition) is 5. The van der Waals surface area contributed by atoms with Crippen LogP contribution in [-0.2, 0) is 9.47 Å². The molecule has 0 aliphatic carbocycles. The van der Waals surface area contributed by atoms with E-state index in [-0.39, 0.29) is 6.10 Å². The molecule has 19 heavy (non-hydrogen) atoms. The minimum absolute atomic E-state index is 0.116. The molecule has 2 rings (SSSR count). The van der Waals surface area contributed by atoms with Crippen molar-refractivity contribution in [2.75, 3.05) is 26.1 Å². The summed E-state index contributed by atoms with van der Waals surface area (Å²) in [7, 11) is 1.54. The summed E-state index contributed by atoms with van der Waals surface area (Å²) in [5.74, 6) is 0.487. The highest BCUT2D eigenvalue weighted by Gasteiger charge is 2.33. The van der Waals surface area contributed by atoms with E-state index in [4.69, 9.17) is 36.3 Å². The number of anilines is 1. The van der Waals surface area contributed by atoms with Crippen molar-refractivity contribution in [2.45, 2.75) is 25.7 Å². The molecule has 106 valence electrons. The van der Waals surface area contributed by atoms with Gasteiger partial charge < -0.3 is 24.7 Å². The minimum Gasteiger partial charge on any atom is -0.494 e. The maximum absolute atomic E-state index is 6.07. The number of halogens is 1. The van der Waals surface area contributed by atoms with E-state index in [1.807, 2.05) is 13.8 Å². The standard InChI is InChI=1S/C13H18ClNO4/c1-13(2)18-7-8(19-13)6-17-11-5-12(16-3)10(15)4-9(11)14/h4-5,8H,6-7,15H2,1-3H3/t8-/m0/s1. The SMILES string of the molecule is COc1cc(OC[C@H]2COC(C)(C)O2)c(Cl)cc1N. The van der Waals surface area contributed by atoms with Crippen LogP contribution in [0.15, 0.2) is 12.1 Å². The third kappa shape index (κ3) is 3.43. The molecule has 1 aromatic rings. The summed E-state index contributed by atoms with van der Waals surface area (Å²) in [4.78, 5) is 0. The lowest BCUT2D eigenvalue weighted by Gasteiger charge is -2.18. The molecule has 0 amide bonds. The molecule has 0 aromatic heterocycles. The summed E-state index contributed by atoms with van der Waals surface area (Å²) in [6.45, 7) is 4.59. The highest BCUT2D eigenvalue weighted by Crippen LogP contribution is 2.34. The maximum atomic E-state index is 6.07. The Bertz CT molecular complexity index is 464. The fraction of sp³-hybridized carbons (Fsp3) is 0.538. The number of nitrogen functional groups attached to an aromatic ring is 1. The molecule has 1 aliphatic heterocycles. The van der Waals surface area contributed by atoms with Crippen molar-refractivity contribution in [2.24, 2.45) is 0 Å². The van der Waals surface area contributed by atoms with E-state index >= 15 is 0 Å². The van der Waals surface area contributed by atoms with Gasteiger partial charge in [0.25, 0.3) is 0 Å². The summed E-state index contributed by atoms with van der Waals surface area (Å²) >= 11 is 6.07. The van der Waals surface area contributed by atoms with Crippen LogP contribution in [0.4, 0.5) is 5.69 Å². The van der Waals surface area contributed by atoms with E-state index in [1.54, 1.807) is 19.2 Å². The van der Waals surface area contributed by atoms with Gasteiger partial charge in [0.1, 0.15) is 24.2 Å². The number of rotatable bonds is 4. The van der Waals surface area contributed by atoms with Gasteiger partial charge in [-0.1, -0.05) is 11.6 Å². The van der Waals surface area contributed by atoms with Gasteiger partial charge in [0, 0.05) is 6.07 Å². The van der Waals surface area contributed by atoms with E-state index in [9.17, 15) is 0 Å². The van der Waals surface area contributed by atoms with Gasteiger partial charge in [0.05, 0.1) is 24.4 Å². The van der Waals surface area contributed by atoms with E-state index in [2.05, 4.69) is 0 Å². The first kappa shape index (κ1) is 14.2. The topological polar surface area (TPSA) is 62.9 Å². The summed E-state index contributed by atoms with van der Waals surface area (Å²) in [5, 5.41) is 0.441. The molecule has 0 unspecified atom stereocenters. The Kier molecular flexibility index (Phi) is 4.08. The van der Waals surface area contributed by atoms with Crippen molar-refractivity contribution < 1.29 is 18.9 Å². The Hall–Kier alpha value is -1.17. The lowest BCUT2D eigenvalue weighted by molar-refractivity contribution is -0.141. The van der Waals surface area contributed by atoms with Gasteiger partial charge in [0.2, 0.25) is 0 Å². The second-order valence-electron chi connectivity index (χ2n) is 4.79. The molecule has 1 fully saturated rings. The van der Waals surface area contributed by atoms with Gasteiger partial charge in [-0.05, 0) is 19.9 Å². The Labute approximate surface area is 117 Å². The molecule has 1 aliphatic rings. The summed E-state index contributed by atoms with van der Waals surface area (Å²) < 4.78 is 21.9. The average molecular weight is 288 g/mol. The first-order valence-corrected chi connectivity index (χ1v) is 6.36. The Morgan fingerprint density at radius 1 is 1.42 bits per heavy atom. The van der Waals surface area contributed by atoms with Crippen molar-refractivity contribution in [1.29, 1.82) is 0 Å². The predicted molar refractivity (Wildman–Crippen MR) is 72.8 cm³/mol. The number of benzene rings is 1. The fourth-order valence-electron chi connectivity index (χ4n) is 1.87. The van der Waals surface area contributed by atoms with E-state index in [0.717, 1.165) is 0 Å². The summed E-state index contributed by atoms with van der Waals surface area (Å²) in [5.41, 5.74) is 6.22. The first-order valence-electron chi connectivity index (χ1n) is 5.99. The molecule has 5 nitrogen and oxygen atoms in total. The monoisotopic (exact) mass is 287 g/mol. The average Bonchev–Trinajstić information content (AvgIpc) is 2.68. The molecular formula is C13H18ClNO4. The first-order chi connectivity index (χ1) is 8.91. The van der Waals surface area contributed by atoms with E-state index < -0.39 is 5.79 Å². The summed E-state index contributed by atoms with van der Waals surface area (Å²) in [6.07, 6.45) is -0.116. The molecule has 2 N–H and O–H groups in total. The quantitative estimate of drug-likeness (QED) is 0.862. The normalized spacial score (nSPS) is 21.4. The molecule has 0 bridgehead atoms. The fourth-order valence-corrected chi connectivity index (χ4v) is 2.09. The highest BCUT2D eigenvalue weighted by molar-refractivity contribution is 6.32. The van der Waals surface area contributed by atoms with Crippen LogP contribution in [-0.4, -0.2) is 32.2 Å². The van der Waals surface area contributed by atoms with Gasteiger partial charge in [-0.3, -0.25) is 0 Å². The third-order valence-electron chi connectivity index (χ3n) is 2.78.